The zero-order chi connectivity index (χ0) is 16.2. The number of carbonyl (C=O) groups excluding carboxylic acids is 2. The van der Waals surface area contributed by atoms with Gasteiger partial charge in [0.15, 0.2) is 6.61 Å². The van der Waals surface area contributed by atoms with E-state index in [9.17, 15) is 9.59 Å². The summed E-state index contributed by atoms with van der Waals surface area (Å²) in [6.45, 7) is -0.281. The lowest BCUT2D eigenvalue weighted by molar-refractivity contribution is -0.148. The van der Waals surface area contributed by atoms with Gasteiger partial charge < -0.3 is 10.1 Å². The molecule has 1 N–H and O–H groups in total. The Balaban J connectivity index is 1.41. The minimum absolute atomic E-state index is 0.281. The minimum Gasteiger partial charge on any atom is -0.456 e. The van der Waals surface area contributed by atoms with Crippen LogP contribution in [0.5, 0.6) is 0 Å². The van der Waals surface area contributed by atoms with Crippen molar-refractivity contribution >= 4 is 17.6 Å². The number of hydrogen-bond acceptors (Lipinski definition) is 4. The Kier molecular flexibility index (Phi) is 4.61. The standard InChI is InChI=1S/C18H20N2O3/c19-10-13-2-1-3-16(8-13)20-17(21)11-23-18(22)9-15-7-12-4-5-14(15)6-12/h1-3,8,12,14-15H,4-7,9,11H2,(H,20,21)/t12-,14-,15-/m0/s1. The predicted molar refractivity (Wildman–Crippen MR) is 84.3 cm³/mol. The average Bonchev–Trinajstić information content (AvgIpc) is 3.16. The minimum atomic E-state index is -0.388. The number of ether oxygens (including phenoxy) is 1. The number of benzene rings is 1. The maximum atomic E-state index is 11.9. The highest BCUT2D eigenvalue weighted by Gasteiger charge is 2.40. The Morgan fingerprint density at radius 2 is 2.17 bits per heavy atom. The molecule has 0 spiro atoms. The number of amides is 1. The van der Waals surface area contributed by atoms with Crippen LogP contribution in [0.3, 0.4) is 0 Å². The average molecular weight is 312 g/mol. The van der Waals surface area contributed by atoms with Crippen LogP contribution in [0.4, 0.5) is 5.69 Å². The molecule has 1 aromatic carbocycles. The summed E-state index contributed by atoms with van der Waals surface area (Å²) < 4.78 is 5.09. The molecule has 23 heavy (non-hydrogen) atoms. The van der Waals surface area contributed by atoms with E-state index >= 15 is 0 Å². The van der Waals surface area contributed by atoms with Crippen molar-refractivity contribution in [3.05, 3.63) is 29.8 Å². The molecular formula is C18H20N2O3. The summed E-state index contributed by atoms with van der Waals surface area (Å²) in [5, 5.41) is 11.4. The maximum Gasteiger partial charge on any atom is 0.306 e. The van der Waals surface area contributed by atoms with E-state index in [0.29, 0.717) is 29.5 Å². The lowest BCUT2D eigenvalue weighted by atomic mass is 9.86. The molecular weight excluding hydrogens is 292 g/mol. The van der Waals surface area contributed by atoms with E-state index in [0.717, 1.165) is 12.3 Å². The van der Waals surface area contributed by atoms with Crippen molar-refractivity contribution in [1.29, 1.82) is 5.26 Å². The summed E-state index contributed by atoms with van der Waals surface area (Å²) in [5.41, 5.74) is 0.995. The molecule has 120 valence electrons. The van der Waals surface area contributed by atoms with Gasteiger partial charge in [-0.05, 0) is 55.2 Å². The summed E-state index contributed by atoms with van der Waals surface area (Å²) in [4.78, 5) is 23.7. The highest BCUT2D eigenvalue weighted by molar-refractivity contribution is 5.92. The molecule has 2 aliphatic carbocycles. The zero-order valence-electron chi connectivity index (χ0n) is 13.0. The van der Waals surface area contributed by atoms with Gasteiger partial charge in [-0.25, -0.2) is 0 Å². The van der Waals surface area contributed by atoms with Crippen LogP contribution in [-0.2, 0) is 14.3 Å². The summed E-state index contributed by atoms with van der Waals surface area (Å²) >= 11 is 0. The van der Waals surface area contributed by atoms with Gasteiger partial charge in [0.05, 0.1) is 11.6 Å². The van der Waals surface area contributed by atoms with Crippen molar-refractivity contribution in [3.8, 4) is 6.07 Å². The fourth-order valence-electron chi connectivity index (χ4n) is 3.91. The number of hydrogen-bond donors (Lipinski definition) is 1. The van der Waals surface area contributed by atoms with E-state index in [1.165, 1.54) is 19.3 Å². The van der Waals surface area contributed by atoms with Crippen LogP contribution in [0.2, 0.25) is 0 Å². The van der Waals surface area contributed by atoms with Gasteiger partial charge in [0.2, 0.25) is 0 Å². The number of rotatable bonds is 5. The van der Waals surface area contributed by atoms with Gasteiger partial charge in [-0.3, -0.25) is 9.59 Å². The molecule has 2 saturated carbocycles. The first-order chi connectivity index (χ1) is 11.1. The molecule has 2 fully saturated rings. The van der Waals surface area contributed by atoms with E-state index in [1.807, 2.05) is 6.07 Å². The van der Waals surface area contributed by atoms with Gasteiger partial charge >= 0.3 is 5.97 Å². The highest BCUT2D eigenvalue weighted by atomic mass is 16.5. The molecule has 3 atom stereocenters. The summed E-state index contributed by atoms with van der Waals surface area (Å²) in [6, 6.07) is 8.62. The molecule has 1 aromatic rings. The first kappa shape index (κ1) is 15.5. The summed E-state index contributed by atoms with van der Waals surface area (Å²) in [6.07, 6.45) is 5.36. The number of fused-ring (bicyclic) bond motifs is 2. The third-order valence-corrected chi connectivity index (χ3v) is 4.95. The molecule has 0 saturated heterocycles. The van der Waals surface area contributed by atoms with Crippen LogP contribution in [0.1, 0.15) is 37.7 Å². The Morgan fingerprint density at radius 1 is 1.30 bits per heavy atom. The second-order valence-corrected chi connectivity index (χ2v) is 6.54. The third kappa shape index (κ3) is 3.89. The molecule has 0 aliphatic heterocycles. The number of nitrogens with zero attached hydrogens (tertiary/aromatic N) is 1. The number of carbonyl (C=O) groups is 2. The van der Waals surface area contributed by atoms with Gasteiger partial charge in [-0.1, -0.05) is 12.5 Å². The second-order valence-electron chi connectivity index (χ2n) is 6.54. The van der Waals surface area contributed by atoms with E-state index in [4.69, 9.17) is 10.00 Å². The zero-order valence-corrected chi connectivity index (χ0v) is 13.0. The lowest BCUT2D eigenvalue weighted by Gasteiger charge is -2.20. The van der Waals surface area contributed by atoms with Crippen molar-refractivity contribution in [2.75, 3.05) is 11.9 Å². The summed E-state index contributed by atoms with van der Waals surface area (Å²) in [7, 11) is 0. The van der Waals surface area contributed by atoms with Crippen LogP contribution >= 0.6 is 0 Å². The van der Waals surface area contributed by atoms with Gasteiger partial charge in [-0.15, -0.1) is 0 Å². The van der Waals surface area contributed by atoms with Crippen molar-refractivity contribution in [3.63, 3.8) is 0 Å². The lowest BCUT2D eigenvalue weighted by Crippen LogP contribution is -2.23. The normalized spacial score (nSPS) is 24.9. The monoisotopic (exact) mass is 312 g/mol. The second kappa shape index (κ2) is 6.82. The molecule has 0 aromatic heterocycles. The fourth-order valence-corrected chi connectivity index (χ4v) is 3.91. The van der Waals surface area contributed by atoms with Crippen LogP contribution in [0, 0.1) is 29.1 Å². The number of nitriles is 1. The van der Waals surface area contributed by atoms with Crippen LogP contribution < -0.4 is 5.32 Å². The number of esters is 1. The molecule has 1 amide bonds. The molecule has 5 heteroatoms. The first-order valence-electron chi connectivity index (χ1n) is 8.09. The Hall–Kier alpha value is -2.35. The van der Waals surface area contributed by atoms with Gasteiger partial charge in [0.1, 0.15) is 0 Å². The molecule has 2 bridgehead atoms. The first-order valence-corrected chi connectivity index (χ1v) is 8.09. The van der Waals surface area contributed by atoms with E-state index in [1.54, 1.807) is 24.3 Å². The maximum absolute atomic E-state index is 11.9. The van der Waals surface area contributed by atoms with Crippen molar-refractivity contribution in [2.45, 2.75) is 32.1 Å². The number of anilines is 1. The highest BCUT2D eigenvalue weighted by Crippen LogP contribution is 2.49. The van der Waals surface area contributed by atoms with Crippen molar-refractivity contribution in [2.24, 2.45) is 17.8 Å². The Labute approximate surface area is 135 Å². The van der Waals surface area contributed by atoms with Crippen LogP contribution in [-0.4, -0.2) is 18.5 Å². The number of nitrogens with one attached hydrogen (secondary N) is 1. The van der Waals surface area contributed by atoms with E-state index in [2.05, 4.69) is 5.32 Å². The SMILES string of the molecule is N#Cc1cccc(NC(=O)COC(=O)C[C@@H]2C[C@H]3CC[C@H]2C3)c1. The van der Waals surface area contributed by atoms with E-state index in [-0.39, 0.29) is 18.5 Å². The van der Waals surface area contributed by atoms with Crippen LogP contribution in [0.25, 0.3) is 0 Å². The fraction of sp³-hybridized carbons (Fsp3) is 0.500. The van der Waals surface area contributed by atoms with Gasteiger partial charge in [-0.2, -0.15) is 5.26 Å². The Morgan fingerprint density at radius 3 is 2.87 bits per heavy atom. The quantitative estimate of drug-likeness (QED) is 0.848. The van der Waals surface area contributed by atoms with Crippen molar-refractivity contribution in [1.82, 2.24) is 0 Å². The third-order valence-electron chi connectivity index (χ3n) is 4.95. The van der Waals surface area contributed by atoms with Gasteiger partial charge in [0, 0.05) is 12.1 Å². The predicted octanol–water partition coefficient (Wildman–Crippen LogP) is 2.87. The molecule has 0 heterocycles. The topological polar surface area (TPSA) is 79.2 Å². The molecule has 5 nitrogen and oxygen atoms in total. The molecule has 3 rings (SSSR count). The molecule has 2 aliphatic rings. The largest absolute Gasteiger partial charge is 0.456 e. The van der Waals surface area contributed by atoms with Crippen LogP contribution in [0.15, 0.2) is 24.3 Å². The van der Waals surface area contributed by atoms with E-state index < -0.39 is 0 Å². The molecule has 0 unspecified atom stereocenters. The van der Waals surface area contributed by atoms with Crippen molar-refractivity contribution < 1.29 is 14.3 Å². The Bertz CT molecular complexity index is 650. The molecule has 0 radical (unpaired) electrons. The summed E-state index contributed by atoms with van der Waals surface area (Å²) in [5.74, 6) is 1.24. The smallest absolute Gasteiger partial charge is 0.306 e. The van der Waals surface area contributed by atoms with Gasteiger partial charge in [0.25, 0.3) is 5.91 Å².